The van der Waals surface area contributed by atoms with Crippen molar-refractivity contribution in [2.75, 3.05) is 20.1 Å². The molecule has 130 valence electrons. The summed E-state index contributed by atoms with van der Waals surface area (Å²) in [4.78, 5) is 16.7. The van der Waals surface area contributed by atoms with E-state index in [1.54, 1.807) is 17.0 Å². The van der Waals surface area contributed by atoms with Gasteiger partial charge in [-0.2, -0.15) is 0 Å². The SMILES string of the molecule is CCN(CC)C(=O)C1=C(C)N(C)C(=S)N[C@@H]1c1ccc(Cl)c(Cl)c1. The van der Waals surface area contributed by atoms with Crippen LogP contribution in [0.4, 0.5) is 0 Å². The molecule has 1 aromatic rings. The van der Waals surface area contributed by atoms with E-state index < -0.39 is 0 Å². The minimum absolute atomic E-state index is 0.00424. The molecule has 1 aliphatic heterocycles. The van der Waals surface area contributed by atoms with Crippen molar-refractivity contribution >= 4 is 46.4 Å². The quantitative estimate of drug-likeness (QED) is 0.794. The van der Waals surface area contributed by atoms with E-state index in [9.17, 15) is 4.79 Å². The molecule has 0 aliphatic carbocycles. The Morgan fingerprint density at radius 1 is 1.29 bits per heavy atom. The van der Waals surface area contributed by atoms with Crippen LogP contribution < -0.4 is 5.32 Å². The molecule has 1 amide bonds. The zero-order chi connectivity index (χ0) is 18.0. The van der Waals surface area contributed by atoms with Crippen LogP contribution in [-0.2, 0) is 4.79 Å². The van der Waals surface area contributed by atoms with Crippen molar-refractivity contribution in [2.45, 2.75) is 26.8 Å². The number of allylic oxidation sites excluding steroid dienone is 1. The Hall–Kier alpha value is -1.30. The molecule has 1 atom stereocenters. The van der Waals surface area contributed by atoms with Gasteiger partial charge in [0.1, 0.15) is 0 Å². The molecular formula is C17H21Cl2N3OS. The number of hydrogen-bond donors (Lipinski definition) is 1. The maximum atomic E-state index is 13.1. The highest BCUT2D eigenvalue weighted by Crippen LogP contribution is 2.34. The lowest BCUT2D eigenvalue weighted by molar-refractivity contribution is -0.127. The second-order valence-electron chi connectivity index (χ2n) is 5.59. The van der Waals surface area contributed by atoms with Crippen LogP contribution in [0.25, 0.3) is 0 Å². The van der Waals surface area contributed by atoms with Gasteiger partial charge in [-0.1, -0.05) is 29.3 Å². The summed E-state index contributed by atoms with van der Waals surface area (Å²) in [5.74, 6) is -0.00424. The number of amides is 1. The molecule has 1 heterocycles. The predicted molar refractivity (Wildman–Crippen MR) is 103 cm³/mol. The van der Waals surface area contributed by atoms with Gasteiger partial charge in [-0.25, -0.2) is 0 Å². The fraction of sp³-hybridized carbons (Fsp3) is 0.412. The largest absolute Gasteiger partial charge is 0.351 e. The summed E-state index contributed by atoms with van der Waals surface area (Å²) in [6.07, 6.45) is 0. The van der Waals surface area contributed by atoms with Crippen LogP contribution in [0.5, 0.6) is 0 Å². The summed E-state index contributed by atoms with van der Waals surface area (Å²) >= 11 is 17.6. The van der Waals surface area contributed by atoms with E-state index in [1.165, 1.54) is 0 Å². The smallest absolute Gasteiger partial charge is 0.253 e. The lowest BCUT2D eigenvalue weighted by Gasteiger charge is -2.37. The fourth-order valence-electron chi connectivity index (χ4n) is 2.74. The van der Waals surface area contributed by atoms with E-state index in [2.05, 4.69) is 5.32 Å². The summed E-state index contributed by atoms with van der Waals surface area (Å²) in [6, 6.07) is 5.02. The van der Waals surface area contributed by atoms with E-state index in [1.807, 2.05) is 38.8 Å². The molecule has 2 rings (SSSR count). The molecule has 7 heteroatoms. The number of rotatable bonds is 4. The summed E-state index contributed by atoms with van der Waals surface area (Å²) in [6.45, 7) is 7.14. The molecule has 0 saturated heterocycles. The number of nitrogens with zero attached hydrogens (tertiary/aromatic N) is 2. The van der Waals surface area contributed by atoms with Gasteiger partial charge in [0.05, 0.1) is 21.7 Å². The van der Waals surface area contributed by atoms with Crippen molar-refractivity contribution in [3.8, 4) is 0 Å². The second-order valence-corrected chi connectivity index (χ2v) is 6.79. The molecule has 0 aromatic heterocycles. The molecule has 0 bridgehead atoms. The van der Waals surface area contributed by atoms with Crippen LogP contribution in [0, 0.1) is 0 Å². The number of nitrogens with one attached hydrogen (secondary N) is 1. The standard InChI is InChI=1S/C17H21Cl2N3OS/c1-5-22(6-2)16(23)14-10(3)21(4)17(24)20-15(14)11-7-8-12(18)13(19)9-11/h7-9,15H,5-6H2,1-4H3,(H,20,24)/t15-/m1/s1. The number of benzene rings is 1. The van der Waals surface area contributed by atoms with Crippen molar-refractivity contribution in [1.29, 1.82) is 0 Å². The van der Waals surface area contributed by atoms with Crippen molar-refractivity contribution in [3.63, 3.8) is 0 Å². The highest BCUT2D eigenvalue weighted by molar-refractivity contribution is 7.80. The molecular weight excluding hydrogens is 365 g/mol. The Morgan fingerprint density at radius 2 is 1.92 bits per heavy atom. The third-order valence-corrected chi connectivity index (χ3v) is 5.44. The van der Waals surface area contributed by atoms with Crippen LogP contribution >= 0.6 is 35.4 Å². The number of hydrogen-bond acceptors (Lipinski definition) is 2. The molecule has 0 spiro atoms. The number of carbonyl (C=O) groups excluding carboxylic acids is 1. The lowest BCUT2D eigenvalue weighted by atomic mass is 9.94. The van der Waals surface area contributed by atoms with E-state index in [0.717, 1.165) is 11.3 Å². The first-order chi connectivity index (χ1) is 11.3. The van der Waals surface area contributed by atoms with Crippen LogP contribution in [-0.4, -0.2) is 41.0 Å². The minimum atomic E-state index is -0.350. The van der Waals surface area contributed by atoms with Gasteiger partial charge in [0.25, 0.3) is 5.91 Å². The maximum Gasteiger partial charge on any atom is 0.253 e. The topological polar surface area (TPSA) is 35.6 Å². The van der Waals surface area contributed by atoms with E-state index in [0.29, 0.717) is 33.8 Å². The van der Waals surface area contributed by atoms with Gasteiger partial charge in [-0.05, 0) is 50.7 Å². The van der Waals surface area contributed by atoms with Crippen LogP contribution in [0.1, 0.15) is 32.4 Å². The van der Waals surface area contributed by atoms with Gasteiger partial charge in [-0.3, -0.25) is 4.79 Å². The maximum absolute atomic E-state index is 13.1. The Labute approximate surface area is 158 Å². The zero-order valence-electron chi connectivity index (χ0n) is 14.2. The van der Waals surface area contributed by atoms with Crippen LogP contribution in [0.2, 0.25) is 10.0 Å². The van der Waals surface area contributed by atoms with Gasteiger partial charge in [0, 0.05) is 25.8 Å². The van der Waals surface area contributed by atoms with E-state index in [-0.39, 0.29) is 11.9 Å². The van der Waals surface area contributed by atoms with Gasteiger partial charge in [-0.15, -0.1) is 0 Å². The third-order valence-electron chi connectivity index (χ3n) is 4.31. The third kappa shape index (κ3) is 3.53. The Morgan fingerprint density at radius 3 is 2.46 bits per heavy atom. The van der Waals surface area contributed by atoms with E-state index >= 15 is 0 Å². The number of carbonyl (C=O) groups is 1. The van der Waals surface area contributed by atoms with Crippen LogP contribution in [0.15, 0.2) is 29.5 Å². The Balaban J connectivity index is 2.56. The lowest BCUT2D eigenvalue weighted by Crippen LogP contribution is -2.48. The number of likely N-dealkylation sites (N-methyl/N-ethyl adjacent to an activating group) is 1. The van der Waals surface area contributed by atoms with Crippen LogP contribution in [0.3, 0.4) is 0 Å². The highest BCUT2D eigenvalue weighted by atomic mass is 35.5. The predicted octanol–water partition coefficient (Wildman–Crippen LogP) is 4.00. The van der Waals surface area contributed by atoms with Crippen molar-refractivity contribution < 1.29 is 4.79 Å². The minimum Gasteiger partial charge on any atom is -0.351 e. The first kappa shape index (κ1) is 19.0. The first-order valence-corrected chi connectivity index (χ1v) is 8.97. The number of thiocarbonyl (C=S) groups is 1. The molecule has 0 fully saturated rings. The monoisotopic (exact) mass is 385 g/mol. The van der Waals surface area contributed by atoms with Gasteiger partial charge < -0.3 is 15.1 Å². The fourth-order valence-corrected chi connectivity index (χ4v) is 3.30. The summed E-state index contributed by atoms with van der Waals surface area (Å²) in [5, 5.41) is 4.74. The Kier molecular flexibility index (Phi) is 6.12. The molecule has 1 aromatic carbocycles. The van der Waals surface area contributed by atoms with Gasteiger partial charge in [0.2, 0.25) is 0 Å². The average Bonchev–Trinajstić information content (AvgIpc) is 2.55. The number of halogens is 2. The second kappa shape index (κ2) is 7.72. The van der Waals surface area contributed by atoms with Gasteiger partial charge >= 0.3 is 0 Å². The zero-order valence-corrected chi connectivity index (χ0v) is 16.5. The highest BCUT2D eigenvalue weighted by Gasteiger charge is 2.34. The van der Waals surface area contributed by atoms with Crippen molar-refractivity contribution in [1.82, 2.24) is 15.1 Å². The normalized spacial score (nSPS) is 17.8. The summed E-state index contributed by atoms with van der Waals surface area (Å²) in [5.41, 5.74) is 2.37. The average molecular weight is 386 g/mol. The molecule has 4 nitrogen and oxygen atoms in total. The molecule has 24 heavy (non-hydrogen) atoms. The van der Waals surface area contributed by atoms with E-state index in [4.69, 9.17) is 35.4 Å². The molecule has 0 radical (unpaired) electrons. The molecule has 1 aliphatic rings. The molecule has 1 N–H and O–H groups in total. The summed E-state index contributed by atoms with van der Waals surface area (Å²) in [7, 11) is 1.85. The van der Waals surface area contributed by atoms with Crippen molar-refractivity contribution in [2.24, 2.45) is 0 Å². The first-order valence-electron chi connectivity index (χ1n) is 7.80. The molecule has 0 saturated carbocycles. The molecule has 0 unspecified atom stereocenters. The van der Waals surface area contributed by atoms with Gasteiger partial charge in [0.15, 0.2) is 5.11 Å². The Bertz CT molecular complexity index is 701. The van der Waals surface area contributed by atoms with Crippen molar-refractivity contribution in [3.05, 3.63) is 45.1 Å². The summed E-state index contributed by atoms with van der Waals surface area (Å²) < 4.78 is 0.